The van der Waals surface area contributed by atoms with Crippen molar-refractivity contribution in [3.8, 4) is 5.75 Å². The standard InChI is InChI=1S/C21H30N4O2/c1-22-21(24(2)16-17-8-10-18(26-3)11-9-17)23-15-19(20-7-6-14-27-20)25-12-4-5-13-25/h6-11,14,19H,4-5,12-13,15-16H2,1-3H3,(H,22,23). The fourth-order valence-corrected chi connectivity index (χ4v) is 3.60. The van der Waals surface area contributed by atoms with Gasteiger partial charge in [0, 0.05) is 27.2 Å². The van der Waals surface area contributed by atoms with Crippen molar-refractivity contribution in [1.29, 1.82) is 0 Å². The molecule has 0 radical (unpaired) electrons. The van der Waals surface area contributed by atoms with E-state index in [0.717, 1.165) is 43.6 Å². The predicted molar refractivity (Wildman–Crippen MR) is 108 cm³/mol. The van der Waals surface area contributed by atoms with Crippen molar-refractivity contribution in [3.05, 3.63) is 54.0 Å². The number of rotatable bonds is 7. The SMILES string of the molecule is CN=C(NCC(c1ccco1)N1CCCC1)N(C)Cc1ccc(OC)cc1. The quantitative estimate of drug-likeness (QED) is 0.599. The van der Waals surface area contributed by atoms with Gasteiger partial charge in [-0.3, -0.25) is 9.89 Å². The lowest BCUT2D eigenvalue weighted by Gasteiger charge is -2.29. The molecule has 1 unspecified atom stereocenters. The minimum Gasteiger partial charge on any atom is -0.497 e. The second kappa shape index (κ2) is 9.46. The molecule has 0 bridgehead atoms. The van der Waals surface area contributed by atoms with Crippen molar-refractivity contribution in [2.75, 3.05) is 40.8 Å². The molecular weight excluding hydrogens is 340 g/mol. The number of guanidine groups is 1. The Balaban J connectivity index is 1.60. The molecule has 0 amide bonds. The molecule has 6 nitrogen and oxygen atoms in total. The molecule has 2 aromatic rings. The second-order valence-electron chi connectivity index (χ2n) is 6.91. The fraction of sp³-hybridized carbons (Fsp3) is 0.476. The van der Waals surface area contributed by atoms with Gasteiger partial charge >= 0.3 is 0 Å². The van der Waals surface area contributed by atoms with Crippen LogP contribution in [0.25, 0.3) is 0 Å². The highest BCUT2D eigenvalue weighted by atomic mass is 16.5. The number of benzene rings is 1. The van der Waals surface area contributed by atoms with Crippen LogP contribution in [0.4, 0.5) is 0 Å². The molecule has 1 aliphatic heterocycles. The largest absolute Gasteiger partial charge is 0.497 e. The number of nitrogens with one attached hydrogen (secondary N) is 1. The summed E-state index contributed by atoms with van der Waals surface area (Å²) in [6.45, 7) is 3.78. The van der Waals surface area contributed by atoms with Crippen LogP contribution in [0.5, 0.6) is 5.75 Å². The molecule has 3 rings (SSSR count). The maximum atomic E-state index is 5.70. The summed E-state index contributed by atoms with van der Waals surface area (Å²) < 4.78 is 10.9. The molecule has 1 N–H and O–H groups in total. The topological polar surface area (TPSA) is 53.2 Å². The summed E-state index contributed by atoms with van der Waals surface area (Å²) in [6, 6.07) is 12.4. The highest BCUT2D eigenvalue weighted by Gasteiger charge is 2.26. The maximum Gasteiger partial charge on any atom is 0.193 e. The van der Waals surface area contributed by atoms with Gasteiger partial charge in [-0.15, -0.1) is 0 Å². The second-order valence-corrected chi connectivity index (χ2v) is 6.91. The molecule has 1 atom stereocenters. The van der Waals surface area contributed by atoms with Crippen LogP contribution in [-0.4, -0.2) is 56.6 Å². The van der Waals surface area contributed by atoms with Crippen molar-refractivity contribution in [1.82, 2.24) is 15.1 Å². The molecule has 1 saturated heterocycles. The van der Waals surface area contributed by atoms with Crippen LogP contribution < -0.4 is 10.1 Å². The van der Waals surface area contributed by atoms with Crippen molar-refractivity contribution >= 4 is 5.96 Å². The molecule has 1 aromatic carbocycles. The molecule has 0 spiro atoms. The molecular formula is C21H30N4O2. The summed E-state index contributed by atoms with van der Waals surface area (Å²) in [5.41, 5.74) is 1.21. The first-order valence-corrected chi connectivity index (χ1v) is 9.53. The Morgan fingerprint density at radius 3 is 2.59 bits per heavy atom. The smallest absolute Gasteiger partial charge is 0.193 e. The van der Waals surface area contributed by atoms with Crippen molar-refractivity contribution < 1.29 is 9.15 Å². The lowest BCUT2D eigenvalue weighted by atomic mass is 10.2. The van der Waals surface area contributed by atoms with Gasteiger partial charge in [-0.2, -0.15) is 0 Å². The molecule has 1 aromatic heterocycles. The third-order valence-electron chi connectivity index (χ3n) is 5.06. The third kappa shape index (κ3) is 5.04. The van der Waals surface area contributed by atoms with Crippen LogP contribution in [0.1, 0.15) is 30.2 Å². The van der Waals surface area contributed by atoms with Gasteiger partial charge in [0.25, 0.3) is 0 Å². The Bertz CT molecular complexity index is 706. The Labute approximate surface area is 161 Å². The Kier molecular flexibility index (Phi) is 6.76. The van der Waals surface area contributed by atoms with E-state index in [9.17, 15) is 0 Å². The number of hydrogen-bond acceptors (Lipinski definition) is 4. The van der Waals surface area contributed by atoms with E-state index in [0.29, 0.717) is 0 Å². The van der Waals surface area contributed by atoms with E-state index < -0.39 is 0 Å². The first kappa shape index (κ1) is 19.3. The number of aliphatic imine (C=N–C) groups is 1. The highest BCUT2D eigenvalue weighted by molar-refractivity contribution is 5.79. The van der Waals surface area contributed by atoms with E-state index in [4.69, 9.17) is 9.15 Å². The number of nitrogens with zero attached hydrogens (tertiary/aromatic N) is 3. The van der Waals surface area contributed by atoms with Gasteiger partial charge in [-0.1, -0.05) is 12.1 Å². The average Bonchev–Trinajstić information content (AvgIpc) is 3.40. The zero-order valence-electron chi connectivity index (χ0n) is 16.5. The zero-order chi connectivity index (χ0) is 19.1. The lowest BCUT2D eigenvalue weighted by molar-refractivity contribution is 0.214. The van der Waals surface area contributed by atoms with E-state index >= 15 is 0 Å². The summed E-state index contributed by atoms with van der Waals surface area (Å²) >= 11 is 0. The third-order valence-corrected chi connectivity index (χ3v) is 5.06. The number of likely N-dealkylation sites (tertiary alicyclic amines) is 1. The molecule has 2 heterocycles. The van der Waals surface area contributed by atoms with Gasteiger partial charge in [0.1, 0.15) is 11.5 Å². The summed E-state index contributed by atoms with van der Waals surface area (Å²) in [5, 5.41) is 3.53. The monoisotopic (exact) mass is 370 g/mol. The molecule has 1 aliphatic rings. The van der Waals surface area contributed by atoms with Crippen LogP contribution in [0, 0.1) is 0 Å². The van der Waals surface area contributed by atoms with Gasteiger partial charge in [-0.25, -0.2) is 0 Å². The first-order valence-electron chi connectivity index (χ1n) is 9.53. The molecule has 0 aliphatic carbocycles. The van der Waals surface area contributed by atoms with E-state index in [1.807, 2.05) is 25.2 Å². The lowest BCUT2D eigenvalue weighted by Crippen LogP contribution is -2.43. The summed E-state index contributed by atoms with van der Waals surface area (Å²) in [7, 11) is 5.56. The Morgan fingerprint density at radius 1 is 1.26 bits per heavy atom. The number of ether oxygens (including phenoxy) is 1. The molecule has 146 valence electrons. The van der Waals surface area contributed by atoms with E-state index in [1.165, 1.54) is 18.4 Å². The minimum atomic E-state index is 0.230. The van der Waals surface area contributed by atoms with Crippen molar-refractivity contribution in [2.24, 2.45) is 4.99 Å². The van der Waals surface area contributed by atoms with Crippen LogP contribution in [-0.2, 0) is 6.54 Å². The maximum absolute atomic E-state index is 5.70. The first-order chi connectivity index (χ1) is 13.2. The Morgan fingerprint density at radius 2 is 2.00 bits per heavy atom. The van der Waals surface area contributed by atoms with Crippen LogP contribution in [0.15, 0.2) is 52.1 Å². The van der Waals surface area contributed by atoms with Crippen LogP contribution in [0.2, 0.25) is 0 Å². The van der Waals surface area contributed by atoms with Gasteiger partial charge in [0.15, 0.2) is 5.96 Å². The molecule has 6 heteroatoms. The zero-order valence-corrected chi connectivity index (χ0v) is 16.5. The van der Waals surface area contributed by atoms with Crippen LogP contribution >= 0.6 is 0 Å². The fourth-order valence-electron chi connectivity index (χ4n) is 3.60. The van der Waals surface area contributed by atoms with Crippen molar-refractivity contribution in [2.45, 2.75) is 25.4 Å². The number of furan rings is 1. The van der Waals surface area contributed by atoms with E-state index in [-0.39, 0.29) is 6.04 Å². The average molecular weight is 370 g/mol. The van der Waals surface area contributed by atoms with Crippen molar-refractivity contribution in [3.63, 3.8) is 0 Å². The summed E-state index contributed by atoms with van der Waals surface area (Å²) in [4.78, 5) is 9.07. The minimum absolute atomic E-state index is 0.230. The van der Waals surface area contributed by atoms with Gasteiger partial charge < -0.3 is 19.4 Å². The normalized spacial score (nSPS) is 16.3. The van der Waals surface area contributed by atoms with Gasteiger partial charge in [0.05, 0.1) is 19.4 Å². The predicted octanol–water partition coefficient (Wildman–Crippen LogP) is 3.13. The van der Waals surface area contributed by atoms with Crippen LogP contribution in [0.3, 0.4) is 0 Å². The molecule has 27 heavy (non-hydrogen) atoms. The summed E-state index contributed by atoms with van der Waals surface area (Å²) in [6.07, 6.45) is 4.26. The molecule has 1 fully saturated rings. The van der Waals surface area contributed by atoms with Gasteiger partial charge in [0.2, 0.25) is 0 Å². The number of methoxy groups -OCH3 is 1. The van der Waals surface area contributed by atoms with Gasteiger partial charge in [-0.05, 0) is 55.8 Å². The highest BCUT2D eigenvalue weighted by Crippen LogP contribution is 2.25. The molecule has 0 saturated carbocycles. The van der Waals surface area contributed by atoms with E-state index in [1.54, 1.807) is 13.4 Å². The number of hydrogen-bond donors (Lipinski definition) is 1. The summed E-state index contributed by atoms with van der Waals surface area (Å²) in [5.74, 6) is 2.76. The Hall–Kier alpha value is -2.47. The van der Waals surface area contributed by atoms with E-state index in [2.05, 4.69) is 45.4 Å².